The van der Waals surface area contributed by atoms with E-state index in [1.54, 1.807) is 0 Å². The molecule has 0 aromatic heterocycles. The standard InChI is InChI=1S/C26H32N4O2/c1-19-6-4-5-11-30(19)25(31)18-28-12-14-29(15-13-28)26(32)27-22-9-10-24-21(17-22)16-20-7-2-3-8-23(20)24/h2-3,7-10,17,19H,4-6,11-16,18H2,1H3,(H,27,32). The second kappa shape index (κ2) is 8.94. The van der Waals surface area contributed by atoms with Crippen LogP contribution in [0.25, 0.3) is 11.1 Å². The van der Waals surface area contributed by atoms with E-state index in [2.05, 4.69) is 53.5 Å². The predicted octanol–water partition coefficient (Wildman–Crippen LogP) is 3.81. The molecule has 168 valence electrons. The molecule has 6 heteroatoms. The average molecular weight is 433 g/mol. The number of urea groups is 1. The summed E-state index contributed by atoms with van der Waals surface area (Å²) in [5.41, 5.74) is 6.01. The molecule has 1 unspecified atom stereocenters. The fourth-order valence-corrected chi connectivity index (χ4v) is 5.29. The zero-order chi connectivity index (χ0) is 22.1. The first-order valence-electron chi connectivity index (χ1n) is 11.9. The second-order valence-electron chi connectivity index (χ2n) is 9.33. The van der Waals surface area contributed by atoms with Crippen molar-refractivity contribution < 1.29 is 9.59 Å². The van der Waals surface area contributed by atoms with Gasteiger partial charge in [-0.2, -0.15) is 0 Å². The maximum absolute atomic E-state index is 12.8. The first-order valence-corrected chi connectivity index (χ1v) is 11.9. The molecule has 0 spiro atoms. The number of rotatable bonds is 3. The van der Waals surface area contributed by atoms with Crippen LogP contribution in [0.15, 0.2) is 42.5 Å². The smallest absolute Gasteiger partial charge is 0.321 e. The summed E-state index contributed by atoms with van der Waals surface area (Å²) in [6, 6.07) is 15.0. The minimum absolute atomic E-state index is 0.0592. The Morgan fingerprint density at radius 3 is 2.53 bits per heavy atom. The van der Waals surface area contributed by atoms with E-state index in [9.17, 15) is 9.59 Å². The van der Waals surface area contributed by atoms with E-state index in [0.29, 0.717) is 25.7 Å². The molecule has 6 nitrogen and oxygen atoms in total. The van der Waals surface area contributed by atoms with Crippen LogP contribution in [0.5, 0.6) is 0 Å². The van der Waals surface area contributed by atoms with Gasteiger partial charge < -0.3 is 15.1 Å². The maximum Gasteiger partial charge on any atom is 0.321 e. The van der Waals surface area contributed by atoms with Gasteiger partial charge in [-0.1, -0.05) is 30.3 Å². The normalized spacial score (nSPS) is 20.6. The van der Waals surface area contributed by atoms with Crippen molar-refractivity contribution >= 4 is 17.6 Å². The lowest BCUT2D eigenvalue weighted by atomic mass is 10.0. The van der Waals surface area contributed by atoms with Gasteiger partial charge in [0.2, 0.25) is 5.91 Å². The number of hydrogen-bond donors (Lipinski definition) is 1. The van der Waals surface area contributed by atoms with Gasteiger partial charge in [-0.3, -0.25) is 9.69 Å². The number of likely N-dealkylation sites (tertiary alicyclic amines) is 1. The zero-order valence-corrected chi connectivity index (χ0v) is 18.8. The molecule has 2 aromatic rings. The third kappa shape index (κ3) is 4.24. The maximum atomic E-state index is 12.8. The molecule has 3 aliphatic rings. The number of nitrogens with one attached hydrogen (secondary N) is 1. The van der Waals surface area contributed by atoms with E-state index < -0.39 is 0 Å². The van der Waals surface area contributed by atoms with E-state index in [1.807, 2.05) is 15.9 Å². The first-order chi connectivity index (χ1) is 15.6. The van der Waals surface area contributed by atoms with Crippen LogP contribution in [0.3, 0.4) is 0 Å². The highest BCUT2D eigenvalue weighted by Crippen LogP contribution is 2.37. The largest absolute Gasteiger partial charge is 0.339 e. The third-order valence-corrected chi connectivity index (χ3v) is 7.19. The number of piperazine rings is 1. The van der Waals surface area contributed by atoms with Crippen LogP contribution in [0, 0.1) is 0 Å². The number of nitrogens with zero attached hydrogens (tertiary/aromatic N) is 3. The molecule has 2 heterocycles. The van der Waals surface area contributed by atoms with Gasteiger partial charge in [-0.05, 0) is 67.0 Å². The Hall–Kier alpha value is -2.86. The molecule has 0 bridgehead atoms. The number of carbonyl (C=O) groups excluding carboxylic acids is 2. The molecular formula is C26H32N4O2. The molecule has 1 N–H and O–H groups in total. The summed E-state index contributed by atoms with van der Waals surface area (Å²) in [6.45, 7) is 6.26. The Kier molecular flexibility index (Phi) is 5.87. The Morgan fingerprint density at radius 1 is 0.938 bits per heavy atom. The van der Waals surface area contributed by atoms with Gasteiger partial charge in [0.05, 0.1) is 6.54 Å². The quantitative estimate of drug-likeness (QED) is 0.685. The van der Waals surface area contributed by atoms with Gasteiger partial charge in [0.25, 0.3) is 0 Å². The van der Waals surface area contributed by atoms with Crippen LogP contribution in [-0.2, 0) is 11.2 Å². The van der Waals surface area contributed by atoms with Crippen LogP contribution in [0.1, 0.15) is 37.3 Å². The lowest BCUT2D eigenvalue weighted by Crippen LogP contribution is -2.53. The zero-order valence-electron chi connectivity index (χ0n) is 18.8. The van der Waals surface area contributed by atoms with E-state index >= 15 is 0 Å². The molecule has 2 aliphatic heterocycles. The van der Waals surface area contributed by atoms with Crippen molar-refractivity contribution in [1.82, 2.24) is 14.7 Å². The highest BCUT2D eigenvalue weighted by Gasteiger charge is 2.27. The summed E-state index contributed by atoms with van der Waals surface area (Å²) in [5.74, 6) is 0.231. The average Bonchev–Trinajstić information content (AvgIpc) is 3.17. The highest BCUT2D eigenvalue weighted by molar-refractivity contribution is 5.90. The van der Waals surface area contributed by atoms with Gasteiger partial charge in [-0.15, -0.1) is 0 Å². The lowest BCUT2D eigenvalue weighted by molar-refractivity contribution is -0.136. The van der Waals surface area contributed by atoms with Crippen molar-refractivity contribution in [3.05, 3.63) is 53.6 Å². The number of piperidine rings is 1. The highest BCUT2D eigenvalue weighted by atomic mass is 16.2. The van der Waals surface area contributed by atoms with E-state index in [4.69, 9.17) is 0 Å². The summed E-state index contributed by atoms with van der Waals surface area (Å²) >= 11 is 0. The number of amides is 3. The fourth-order valence-electron chi connectivity index (χ4n) is 5.29. The number of fused-ring (bicyclic) bond motifs is 3. The van der Waals surface area contributed by atoms with Crippen LogP contribution >= 0.6 is 0 Å². The Balaban J connectivity index is 1.13. The van der Waals surface area contributed by atoms with E-state index in [-0.39, 0.29) is 11.9 Å². The van der Waals surface area contributed by atoms with Crippen molar-refractivity contribution in [2.45, 2.75) is 38.6 Å². The molecule has 1 aliphatic carbocycles. The second-order valence-corrected chi connectivity index (χ2v) is 9.33. The molecule has 32 heavy (non-hydrogen) atoms. The van der Waals surface area contributed by atoms with E-state index in [1.165, 1.54) is 28.7 Å². The first kappa shape index (κ1) is 21.0. The van der Waals surface area contributed by atoms with Crippen LogP contribution in [-0.4, -0.2) is 71.9 Å². The molecule has 5 rings (SSSR count). The summed E-state index contributed by atoms with van der Waals surface area (Å²) in [6.07, 6.45) is 4.35. The molecule has 0 radical (unpaired) electrons. The molecular weight excluding hydrogens is 400 g/mol. The van der Waals surface area contributed by atoms with Crippen LogP contribution in [0.2, 0.25) is 0 Å². The van der Waals surface area contributed by atoms with Gasteiger partial charge in [0, 0.05) is 44.5 Å². The van der Waals surface area contributed by atoms with Crippen molar-refractivity contribution in [2.24, 2.45) is 0 Å². The molecule has 3 amide bonds. The van der Waals surface area contributed by atoms with Crippen molar-refractivity contribution in [3.8, 4) is 11.1 Å². The molecule has 2 saturated heterocycles. The number of hydrogen-bond acceptors (Lipinski definition) is 3. The molecule has 1 atom stereocenters. The fraction of sp³-hybridized carbons (Fsp3) is 0.462. The summed E-state index contributed by atoms with van der Waals surface area (Å²) in [7, 11) is 0. The lowest BCUT2D eigenvalue weighted by Gasteiger charge is -2.38. The predicted molar refractivity (Wildman–Crippen MR) is 127 cm³/mol. The van der Waals surface area contributed by atoms with Crippen molar-refractivity contribution in [2.75, 3.05) is 44.6 Å². The van der Waals surface area contributed by atoms with Crippen LogP contribution in [0.4, 0.5) is 10.5 Å². The van der Waals surface area contributed by atoms with Gasteiger partial charge in [0.15, 0.2) is 0 Å². The Bertz CT molecular complexity index is 1010. The number of carbonyl (C=O) groups is 2. The van der Waals surface area contributed by atoms with Crippen molar-refractivity contribution in [1.29, 1.82) is 0 Å². The van der Waals surface area contributed by atoms with Crippen molar-refractivity contribution in [3.63, 3.8) is 0 Å². The molecule has 2 aromatic carbocycles. The summed E-state index contributed by atoms with van der Waals surface area (Å²) < 4.78 is 0. The summed E-state index contributed by atoms with van der Waals surface area (Å²) in [5, 5.41) is 3.07. The monoisotopic (exact) mass is 432 g/mol. The number of anilines is 1. The van der Waals surface area contributed by atoms with Gasteiger partial charge in [-0.25, -0.2) is 4.79 Å². The third-order valence-electron chi connectivity index (χ3n) is 7.19. The number of benzene rings is 2. The Labute approximate surface area is 190 Å². The molecule has 2 fully saturated rings. The SMILES string of the molecule is CC1CCCCN1C(=O)CN1CCN(C(=O)Nc2ccc3c(c2)Cc2ccccc2-3)CC1. The van der Waals surface area contributed by atoms with Crippen LogP contribution < -0.4 is 5.32 Å². The minimum atomic E-state index is -0.0592. The van der Waals surface area contributed by atoms with Gasteiger partial charge >= 0.3 is 6.03 Å². The topological polar surface area (TPSA) is 55.9 Å². The van der Waals surface area contributed by atoms with E-state index in [0.717, 1.165) is 44.6 Å². The Morgan fingerprint density at radius 2 is 1.72 bits per heavy atom. The summed E-state index contributed by atoms with van der Waals surface area (Å²) in [4.78, 5) is 31.6. The van der Waals surface area contributed by atoms with Gasteiger partial charge in [0.1, 0.15) is 0 Å². The minimum Gasteiger partial charge on any atom is -0.339 e. The molecule has 0 saturated carbocycles.